The van der Waals surface area contributed by atoms with E-state index in [0.29, 0.717) is 35.1 Å². The van der Waals surface area contributed by atoms with Gasteiger partial charge in [0.15, 0.2) is 0 Å². The van der Waals surface area contributed by atoms with Crippen molar-refractivity contribution in [3.63, 3.8) is 0 Å². The van der Waals surface area contributed by atoms with E-state index >= 15 is 0 Å². The lowest BCUT2D eigenvalue weighted by molar-refractivity contribution is -0.132. The van der Waals surface area contributed by atoms with Gasteiger partial charge < -0.3 is 19.5 Å². The molecule has 1 heterocycles. The van der Waals surface area contributed by atoms with Crippen LogP contribution in [-0.2, 0) is 17.8 Å². The minimum atomic E-state index is -0.208. The Balaban J connectivity index is 1.36. The molecule has 1 aromatic heterocycles. The fourth-order valence-electron chi connectivity index (χ4n) is 4.63. The van der Waals surface area contributed by atoms with Crippen molar-refractivity contribution in [2.45, 2.75) is 31.8 Å². The molecular formula is C30H29Cl2N3O3. The summed E-state index contributed by atoms with van der Waals surface area (Å²) in [7, 11) is 1.63. The lowest BCUT2D eigenvalue weighted by Gasteiger charge is -2.28. The van der Waals surface area contributed by atoms with Crippen molar-refractivity contribution in [1.29, 1.82) is 0 Å². The molecule has 0 atom stereocenters. The molecule has 6 nitrogen and oxygen atoms in total. The van der Waals surface area contributed by atoms with Crippen LogP contribution < -0.4 is 4.74 Å². The van der Waals surface area contributed by atoms with Gasteiger partial charge in [0.2, 0.25) is 5.91 Å². The van der Waals surface area contributed by atoms with Crippen LogP contribution in [0.2, 0.25) is 10.0 Å². The SMILES string of the molecule is COc1ccc(CN(CCc2c[nH]c3ccccc23)C(=O)CN(C(=O)c2ccc(Cl)c(Cl)c2)C2CC2)cc1. The van der Waals surface area contributed by atoms with E-state index in [0.717, 1.165) is 40.6 Å². The molecule has 4 aromatic rings. The summed E-state index contributed by atoms with van der Waals surface area (Å²) in [6, 6.07) is 20.7. The van der Waals surface area contributed by atoms with Gasteiger partial charge in [-0.15, -0.1) is 0 Å². The van der Waals surface area contributed by atoms with Crippen molar-refractivity contribution in [3.8, 4) is 5.75 Å². The molecule has 8 heteroatoms. The number of benzene rings is 3. The first-order valence-corrected chi connectivity index (χ1v) is 13.4. The maximum Gasteiger partial charge on any atom is 0.254 e. The Morgan fingerprint density at radius 1 is 1.00 bits per heavy atom. The van der Waals surface area contributed by atoms with Gasteiger partial charge in [0.05, 0.1) is 17.2 Å². The smallest absolute Gasteiger partial charge is 0.254 e. The number of nitrogens with zero attached hydrogens (tertiary/aromatic N) is 2. The van der Waals surface area contributed by atoms with E-state index in [4.69, 9.17) is 27.9 Å². The highest BCUT2D eigenvalue weighted by molar-refractivity contribution is 6.42. The molecule has 1 saturated carbocycles. The summed E-state index contributed by atoms with van der Waals surface area (Å²) in [6.07, 6.45) is 4.46. The van der Waals surface area contributed by atoms with Crippen LogP contribution in [0.5, 0.6) is 5.75 Å². The summed E-state index contributed by atoms with van der Waals surface area (Å²) in [5.41, 5.74) is 3.65. The highest BCUT2D eigenvalue weighted by atomic mass is 35.5. The van der Waals surface area contributed by atoms with Crippen molar-refractivity contribution in [2.75, 3.05) is 20.2 Å². The van der Waals surface area contributed by atoms with Gasteiger partial charge in [-0.2, -0.15) is 0 Å². The number of amides is 2. The third-order valence-electron chi connectivity index (χ3n) is 6.93. The Labute approximate surface area is 232 Å². The number of carbonyl (C=O) groups is 2. The second kappa shape index (κ2) is 11.5. The minimum Gasteiger partial charge on any atom is -0.497 e. The zero-order valence-electron chi connectivity index (χ0n) is 21.1. The predicted octanol–water partition coefficient (Wildman–Crippen LogP) is 6.36. The van der Waals surface area contributed by atoms with Crippen molar-refractivity contribution in [3.05, 3.63) is 99.7 Å². The third kappa shape index (κ3) is 5.98. The molecule has 0 bridgehead atoms. The van der Waals surface area contributed by atoms with E-state index in [1.165, 1.54) is 0 Å². The molecule has 38 heavy (non-hydrogen) atoms. The summed E-state index contributed by atoms with van der Waals surface area (Å²) in [5, 5.41) is 1.86. The number of H-pyrrole nitrogens is 1. The van der Waals surface area contributed by atoms with Crippen LogP contribution in [0.15, 0.2) is 72.9 Å². The number of fused-ring (bicyclic) bond motifs is 1. The second-order valence-electron chi connectivity index (χ2n) is 9.57. The van der Waals surface area contributed by atoms with Gasteiger partial charge in [-0.05, 0) is 66.8 Å². The highest BCUT2D eigenvalue weighted by Crippen LogP contribution is 2.30. The van der Waals surface area contributed by atoms with Gasteiger partial charge in [0, 0.05) is 41.8 Å². The number of nitrogens with one attached hydrogen (secondary N) is 1. The molecule has 0 unspecified atom stereocenters. The summed E-state index contributed by atoms with van der Waals surface area (Å²) < 4.78 is 5.28. The fraction of sp³-hybridized carbons (Fsp3) is 0.267. The Morgan fingerprint density at radius 3 is 2.47 bits per heavy atom. The van der Waals surface area contributed by atoms with Gasteiger partial charge in [-0.25, -0.2) is 0 Å². The van der Waals surface area contributed by atoms with E-state index in [2.05, 4.69) is 11.1 Å². The number of rotatable bonds is 10. The lowest BCUT2D eigenvalue weighted by atomic mass is 10.1. The maximum atomic E-state index is 13.7. The van der Waals surface area contributed by atoms with E-state index in [9.17, 15) is 9.59 Å². The largest absolute Gasteiger partial charge is 0.497 e. The molecule has 2 amide bonds. The first-order chi connectivity index (χ1) is 18.4. The van der Waals surface area contributed by atoms with Crippen molar-refractivity contribution >= 4 is 45.9 Å². The number of ether oxygens (including phenoxy) is 1. The molecule has 0 aliphatic heterocycles. The van der Waals surface area contributed by atoms with Crippen LogP contribution in [0.3, 0.4) is 0 Å². The van der Waals surface area contributed by atoms with Crippen molar-refractivity contribution in [1.82, 2.24) is 14.8 Å². The number of para-hydroxylation sites is 1. The first-order valence-electron chi connectivity index (χ1n) is 12.6. The third-order valence-corrected chi connectivity index (χ3v) is 7.67. The molecule has 196 valence electrons. The first kappa shape index (κ1) is 26.1. The van der Waals surface area contributed by atoms with Gasteiger partial charge in [0.25, 0.3) is 5.91 Å². The lowest BCUT2D eigenvalue weighted by Crippen LogP contribution is -2.44. The average molecular weight is 550 g/mol. The van der Waals surface area contributed by atoms with Crippen LogP contribution in [0, 0.1) is 0 Å². The standard InChI is InChI=1S/C30H29Cl2N3O3/c1-38-24-11-6-20(7-12-24)18-34(15-14-22-17-33-28-5-3-2-4-25(22)28)29(36)19-35(23-9-10-23)30(37)21-8-13-26(31)27(32)16-21/h2-8,11-13,16-17,23,33H,9-10,14-15,18-19H2,1H3. The molecule has 1 fully saturated rings. The summed E-state index contributed by atoms with van der Waals surface area (Å²) in [6.45, 7) is 0.963. The second-order valence-corrected chi connectivity index (χ2v) is 10.4. The molecule has 3 aromatic carbocycles. The summed E-state index contributed by atoms with van der Waals surface area (Å²) in [5.74, 6) is 0.457. The average Bonchev–Trinajstić information content (AvgIpc) is 3.70. The summed E-state index contributed by atoms with van der Waals surface area (Å²) in [4.78, 5) is 34.0. The Kier molecular flexibility index (Phi) is 7.91. The molecule has 0 radical (unpaired) electrons. The molecule has 1 aliphatic rings. The highest BCUT2D eigenvalue weighted by Gasteiger charge is 2.35. The monoisotopic (exact) mass is 549 g/mol. The van der Waals surface area contributed by atoms with Gasteiger partial charge in [-0.1, -0.05) is 53.5 Å². The maximum absolute atomic E-state index is 13.7. The Bertz CT molecular complexity index is 1450. The molecule has 1 aliphatic carbocycles. The van der Waals surface area contributed by atoms with Gasteiger partial charge in [0.1, 0.15) is 12.3 Å². The number of aromatic amines is 1. The number of aromatic nitrogens is 1. The molecule has 0 saturated heterocycles. The minimum absolute atomic E-state index is 0.00772. The number of hydrogen-bond donors (Lipinski definition) is 1. The van der Waals surface area contributed by atoms with Crippen molar-refractivity contribution < 1.29 is 14.3 Å². The topological polar surface area (TPSA) is 65.6 Å². The van der Waals surface area contributed by atoms with Gasteiger partial charge >= 0.3 is 0 Å². The van der Waals surface area contributed by atoms with Gasteiger partial charge in [-0.3, -0.25) is 9.59 Å². The zero-order chi connectivity index (χ0) is 26.6. The van der Waals surface area contributed by atoms with Crippen LogP contribution in [0.4, 0.5) is 0 Å². The fourth-order valence-corrected chi connectivity index (χ4v) is 4.93. The molecule has 5 rings (SSSR count). The summed E-state index contributed by atoms with van der Waals surface area (Å²) >= 11 is 12.2. The zero-order valence-corrected chi connectivity index (χ0v) is 22.6. The van der Waals surface area contributed by atoms with Crippen LogP contribution >= 0.6 is 23.2 Å². The normalized spacial score (nSPS) is 12.9. The number of methoxy groups -OCH3 is 1. The molecular weight excluding hydrogens is 521 g/mol. The van der Waals surface area contributed by atoms with Crippen LogP contribution in [0.25, 0.3) is 10.9 Å². The van der Waals surface area contributed by atoms with E-state index in [1.807, 2.05) is 53.6 Å². The number of carbonyl (C=O) groups excluding carboxylic acids is 2. The Hall–Kier alpha value is -3.48. The molecule has 1 N–H and O–H groups in total. The van der Waals surface area contributed by atoms with Crippen LogP contribution in [-0.4, -0.2) is 52.8 Å². The van der Waals surface area contributed by atoms with Crippen LogP contribution in [0.1, 0.15) is 34.3 Å². The number of hydrogen-bond acceptors (Lipinski definition) is 3. The Morgan fingerprint density at radius 2 is 1.76 bits per heavy atom. The molecule has 0 spiro atoms. The predicted molar refractivity (Wildman–Crippen MR) is 151 cm³/mol. The quantitative estimate of drug-likeness (QED) is 0.250. The van der Waals surface area contributed by atoms with Crippen molar-refractivity contribution in [2.24, 2.45) is 0 Å². The van der Waals surface area contributed by atoms with E-state index in [1.54, 1.807) is 30.2 Å². The van der Waals surface area contributed by atoms with E-state index in [-0.39, 0.29) is 24.4 Å². The number of halogens is 2. The van der Waals surface area contributed by atoms with E-state index < -0.39 is 0 Å².